The molecule has 0 aliphatic carbocycles. The molecule has 9 nitrogen and oxygen atoms in total. The van der Waals surface area contributed by atoms with Crippen molar-refractivity contribution >= 4 is 38.9 Å². The van der Waals surface area contributed by atoms with Gasteiger partial charge in [0.25, 0.3) is 17.2 Å². The Balaban J connectivity index is 2.13. The fraction of sp³-hybridized carbons (Fsp3) is 0.263. The van der Waals surface area contributed by atoms with E-state index in [1.54, 1.807) is 19.1 Å². The molecule has 10 heteroatoms. The molecule has 29 heavy (non-hydrogen) atoms. The maximum absolute atomic E-state index is 13.1. The van der Waals surface area contributed by atoms with Crippen molar-refractivity contribution in [2.24, 2.45) is 5.73 Å². The monoisotopic (exact) mass is 414 g/mol. The standard InChI is InChI=1S/C19H18N4O5S/c1-10(24)7-8-22-14(9-12-3-5-13(6-4-12)23(27)28)21-18-15(19(22)26)11(2)16(29-18)17(20)25/h3-6H,7-9H2,1-2H3,(H2,20,25). The number of hydrogen-bond donors (Lipinski definition) is 1. The first-order valence-electron chi connectivity index (χ1n) is 8.74. The molecule has 150 valence electrons. The van der Waals surface area contributed by atoms with Crippen molar-refractivity contribution in [1.29, 1.82) is 0 Å². The summed E-state index contributed by atoms with van der Waals surface area (Å²) in [7, 11) is 0. The second kappa shape index (κ2) is 7.92. The number of nitro groups is 1. The number of thiophene rings is 1. The molecule has 0 saturated heterocycles. The lowest BCUT2D eigenvalue weighted by molar-refractivity contribution is -0.384. The Kier molecular flexibility index (Phi) is 5.55. The molecule has 0 radical (unpaired) electrons. The summed E-state index contributed by atoms with van der Waals surface area (Å²) in [5.74, 6) is -0.287. The minimum absolute atomic E-state index is 0.0360. The van der Waals surface area contributed by atoms with Gasteiger partial charge in [-0.15, -0.1) is 11.3 Å². The summed E-state index contributed by atoms with van der Waals surface area (Å²) in [5, 5.41) is 11.2. The number of fused-ring (bicyclic) bond motifs is 1. The summed E-state index contributed by atoms with van der Waals surface area (Å²) < 4.78 is 1.43. The average molecular weight is 414 g/mol. The highest BCUT2D eigenvalue weighted by molar-refractivity contribution is 7.20. The Bertz CT molecular complexity index is 1190. The molecule has 0 atom stereocenters. The van der Waals surface area contributed by atoms with E-state index in [0.29, 0.717) is 21.6 Å². The van der Waals surface area contributed by atoms with Crippen LogP contribution < -0.4 is 11.3 Å². The number of nitrogens with two attached hydrogens (primary N) is 1. The Morgan fingerprint density at radius 1 is 1.28 bits per heavy atom. The lowest BCUT2D eigenvalue weighted by Gasteiger charge is -2.12. The van der Waals surface area contributed by atoms with Crippen LogP contribution in [0.4, 0.5) is 5.69 Å². The molecule has 0 fully saturated rings. The van der Waals surface area contributed by atoms with E-state index in [1.165, 1.54) is 23.6 Å². The number of nitrogens with zero attached hydrogens (tertiary/aromatic N) is 3. The third kappa shape index (κ3) is 4.06. The molecule has 0 saturated carbocycles. The highest BCUT2D eigenvalue weighted by atomic mass is 32.1. The van der Waals surface area contributed by atoms with E-state index in [4.69, 9.17) is 5.73 Å². The second-order valence-electron chi connectivity index (χ2n) is 6.64. The first kappa shape index (κ1) is 20.3. The topological polar surface area (TPSA) is 138 Å². The Hall–Kier alpha value is -3.40. The molecule has 0 aliphatic rings. The van der Waals surface area contributed by atoms with E-state index in [0.717, 1.165) is 16.9 Å². The maximum atomic E-state index is 13.1. The number of hydrogen-bond acceptors (Lipinski definition) is 7. The van der Waals surface area contributed by atoms with Crippen LogP contribution in [0.1, 0.15) is 40.0 Å². The molecule has 3 rings (SSSR count). The first-order chi connectivity index (χ1) is 13.7. The lowest BCUT2D eigenvalue weighted by Crippen LogP contribution is -2.26. The van der Waals surface area contributed by atoms with Crippen molar-refractivity contribution in [2.45, 2.75) is 33.2 Å². The molecule has 1 aromatic carbocycles. The number of nitro benzene ring substituents is 1. The molecule has 3 aromatic rings. The van der Waals surface area contributed by atoms with Gasteiger partial charge in [-0.3, -0.25) is 29.1 Å². The maximum Gasteiger partial charge on any atom is 0.269 e. The third-order valence-corrected chi connectivity index (χ3v) is 5.75. The van der Waals surface area contributed by atoms with E-state index >= 15 is 0 Å². The number of amides is 1. The fourth-order valence-electron chi connectivity index (χ4n) is 3.05. The van der Waals surface area contributed by atoms with Crippen LogP contribution in [0.3, 0.4) is 0 Å². The molecule has 0 unspecified atom stereocenters. The number of non-ortho nitro benzene ring substituents is 1. The van der Waals surface area contributed by atoms with Crippen molar-refractivity contribution in [3.63, 3.8) is 0 Å². The van der Waals surface area contributed by atoms with Gasteiger partial charge < -0.3 is 5.73 Å². The van der Waals surface area contributed by atoms with E-state index in [9.17, 15) is 24.5 Å². The quantitative estimate of drug-likeness (QED) is 0.465. The normalized spacial score (nSPS) is 11.0. The number of ketones is 1. The van der Waals surface area contributed by atoms with Crippen LogP contribution in [0.2, 0.25) is 0 Å². The number of aromatic nitrogens is 2. The highest BCUT2D eigenvalue weighted by Gasteiger charge is 2.20. The second-order valence-corrected chi connectivity index (χ2v) is 7.64. The van der Waals surface area contributed by atoms with Crippen LogP contribution in [-0.4, -0.2) is 26.2 Å². The highest BCUT2D eigenvalue weighted by Crippen LogP contribution is 2.27. The Morgan fingerprint density at radius 3 is 2.48 bits per heavy atom. The van der Waals surface area contributed by atoms with E-state index in [-0.39, 0.29) is 41.3 Å². The van der Waals surface area contributed by atoms with Crippen molar-refractivity contribution in [3.05, 3.63) is 66.6 Å². The largest absolute Gasteiger partial charge is 0.365 e. The smallest absolute Gasteiger partial charge is 0.269 e. The third-order valence-electron chi connectivity index (χ3n) is 4.55. The first-order valence-corrected chi connectivity index (χ1v) is 9.56. The van der Waals surface area contributed by atoms with Gasteiger partial charge in [0.05, 0.1) is 15.2 Å². The van der Waals surface area contributed by atoms with Gasteiger partial charge in [-0.2, -0.15) is 0 Å². The molecule has 0 aliphatic heterocycles. The van der Waals surface area contributed by atoms with Gasteiger partial charge in [-0.1, -0.05) is 12.1 Å². The predicted octanol–water partition coefficient (Wildman–Crippen LogP) is 2.34. The van der Waals surface area contributed by atoms with Crippen molar-refractivity contribution < 1.29 is 14.5 Å². The summed E-state index contributed by atoms with van der Waals surface area (Å²) in [6, 6.07) is 5.95. The molecule has 2 N–H and O–H groups in total. The molecule has 0 spiro atoms. The fourth-order valence-corrected chi connectivity index (χ4v) is 4.09. The zero-order valence-electron chi connectivity index (χ0n) is 15.8. The predicted molar refractivity (Wildman–Crippen MR) is 108 cm³/mol. The summed E-state index contributed by atoms with van der Waals surface area (Å²) in [5.41, 5.74) is 6.23. The van der Waals surface area contributed by atoms with Gasteiger partial charge in [-0.05, 0) is 25.0 Å². The number of carbonyl (C=O) groups excluding carboxylic acids is 2. The van der Waals surface area contributed by atoms with Gasteiger partial charge in [0.2, 0.25) is 0 Å². The minimum atomic E-state index is -0.628. The van der Waals surface area contributed by atoms with E-state index in [1.807, 2.05) is 0 Å². The molecule has 2 heterocycles. The Morgan fingerprint density at radius 2 is 1.93 bits per heavy atom. The van der Waals surface area contributed by atoms with Gasteiger partial charge >= 0.3 is 0 Å². The van der Waals surface area contributed by atoms with Gasteiger partial charge in [0, 0.05) is 31.5 Å². The summed E-state index contributed by atoms with van der Waals surface area (Å²) in [6.45, 7) is 3.24. The van der Waals surface area contributed by atoms with Crippen molar-refractivity contribution in [2.75, 3.05) is 0 Å². The SMILES string of the molecule is CC(=O)CCn1c(Cc2ccc([N+](=O)[O-])cc2)nc2sc(C(N)=O)c(C)c2c1=O. The molecule has 2 aromatic heterocycles. The number of primary amides is 1. The van der Waals surface area contributed by atoms with Crippen LogP contribution in [0.15, 0.2) is 29.1 Å². The number of carbonyl (C=O) groups is 2. The average Bonchev–Trinajstić information content (AvgIpc) is 2.98. The van der Waals surface area contributed by atoms with Crippen LogP contribution in [0, 0.1) is 17.0 Å². The lowest BCUT2D eigenvalue weighted by atomic mass is 10.1. The molecule has 0 bridgehead atoms. The molecular weight excluding hydrogens is 396 g/mol. The van der Waals surface area contributed by atoms with Crippen LogP contribution in [0.25, 0.3) is 10.2 Å². The van der Waals surface area contributed by atoms with Gasteiger partial charge in [0.15, 0.2) is 0 Å². The minimum Gasteiger partial charge on any atom is -0.365 e. The van der Waals surface area contributed by atoms with E-state index in [2.05, 4.69) is 4.98 Å². The summed E-state index contributed by atoms with van der Waals surface area (Å²) >= 11 is 1.06. The number of rotatable bonds is 7. The molecular formula is C19H18N4O5S. The summed E-state index contributed by atoms with van der Waals surface area (Å²) in [6.07, 6.45) is 0.399. The van der Waals surface area contributed by atoms with Gasteiger partial charge in [0.1, 0.15) is 16.4 Å². The van der Waals surface area contributed by atoms with Crippen LogP contribution in [-0.2, 0) is 17.8 Å². The number of Topliss-reactive ketones (excluding diaryl/α,β-unsaturated/α-hetero) is 1. The number of benzene rings is 1. The van der Waals surface area contributed by atoms with Crippen molar-refractivity contribution in [3.8, 4) is 0 Å². The zero-order valence-corrected chi connectivity index (χ0v) is 16.6. The number of aryl methyl sites for hydroxylation is 1. The summed E-state index contributed by atoms with van der Waals surface area (Å²) in [4.78, 5) is 51.8. The van der Waals surface area contributed by atoms with Gasteiger partial charge in [-0.25, -0.2) is 4.98 Å². The zero-order chi connectivity index (χ0) is 21.3. The van der Waals surface area contributed by atoms with E-state index < -0.39 is 10.8 Å². The molecule has 1 amide bonds. The van der Waals surface area contributed by atoms with Crippen LogP contribution in [0.5, 0.6) is 0 Å². The Labute approximate surface area is 168 Å². The van der Waals surface area contributed by atoms with Crippen LogP contribution >= 0.6 is 11.3 Å². The van der Waals surface area contributed by atoms with Crippen molar-refractivity contribution in [1.82, 2.24) is 9.55 Å².